The highest BCUT2D eigenvalue weighted by Gasteiger charge is 2.49. The van der Waals surface area contributed by atoms with Crippen LogP contribution in [0, 0.1) is 0 Å². The molecule has 0 saturated carbocycles. The third-order valence-corrected chi connectivity index (χ3v) is 3.41. The Kier molecular flexibility index (Phi) is 7.33. The van der Waals surface area contributed by atoms with Crippen LogP contribution in [0.4, 0.5) is 0 Å². The number of hydrogen-bond donors (Lipinski definition) is 8. The highest BCUT2D eigenvalue weighted by molar-refractivity contribution is 6.35. The van der Waals surface area contributed by atoms with Crippen molar-refractivity contribution >= 4 is 17.7 Å². The maximum Gasteiger partial charge on any atom is 0.379 e. The first-order chi connectivity index (χ1) is 11.5. The monoisotopic (exact) mass is 370 g/mol. The molecule has 1 heterocycles. The molecule has 1 aliphatic heterocycles. The Balaban J connectivity index is 2.80. The van der Waals surface area contributed by atoms with Crippen LogP contribution in [0.5, 0.6) is 0 Å². The van der Waals surface area contributed by atoms with Crippen molar-refractivity contribution in [2.45, 2.75) is 49.0 Å². The van der Waals surface area contributed by atoms with Gasteiger partial charge in [0.15, 0.2) is 12.2 Å². The fourth-order valence-electron chi connectivity index (χ4n) is 1.91. The standard InChI is InChI=1S/C12H18O13/c13-1-2(14)3(15)4(16)7(19)11(23)25-12-8(20)5(17)6(18)9(24-12)10(21)22/h2-6,8-9,12-18,20H,1H2,(H,21,22)/t2-,3+,4-,5-,6-,8+,9-,12?/m0/s1. The van der Waals surface area contributed by atoms with Crippen LogP contribution < -0.4 is 0 Å². The van der Waals surface area contributed by atoms with Crippen molar-refractivity contribution in [3.63, 3.8) is 0 Å². The fraction of sp³-hybridized carbons (Fsp3) is 0.750. The Morgan fingerprint density at radius 1 is 1.00 bits per heavy atom. The SMILES string of the molecule is O=C(OC1O[C@H](C(=O)O)[C@@H](O)[C@H](O)[C@H]1O)C(=O)[C@@H](O)[C@H](O)[C@@H](O)CO. The lowest BCUT2D eigenvalue weighted by molar-refractivity contribution is -0.285. The third-order valence-electron chi connectivity index (χ3n) is 3.41. The van der Waals surface area contributed by atoms with Gasteiger partial charge < -0.3 is 50.3 Å². The van der Waals surface area contributed by atoms with E-state index in [0.717, 1.165) is 0 Å². The molecule has 0 aromatic heterocycles. The van der Waals surface area contributed by atoms with Gasteiger partial charge in [0.2, 0.25) is 6.29 Å². The van der Waals surface area contributed by atoms with Gasteiger partial charge in [0.05, 0.1) is 6.61 Å². The molecule has 0 aromatic rings. The van der Waals surface area contributed by atoms with Crippen LogP contribution in [0.1, 0.15) is 0 Å². The molecule has 8 N–H and O–H groups in total. The van der Waals surface area contributed by atoms with Gasteiger partial charge in [0, 0.05) is 0 Å². The summed E-state index contributed by atoms with van der Waals surface area (Å²) in [5.74, 6) is -5.45. The molecule has 0 amide bonds. The van der Waals surface area contributed by atoms with Crippen molar-refractivity contribution in [1.29, 1.82) is 0 Å². The molecule has 0 bridgehead atoms. The van der Waals surface area contributed by atoms with Crippen LogP contribution in [0.3, 0.4) is 0 Å². The molecular weight excluding hydrogens is 352 g/mol. The molecule has 13 nitrogen and oxygen atoms in total. The minimum atomic E-state index is -2.50. The van der Waals surface area contributed by atoms with Crippen molar-refractivity contribution in [1.82, 2.24) is 0 Å². The number of esters is 1. The number of ether oxygens (including phenoxy) is 2. The van der Waals surface area contributed by atoms with E-state index in [2.05, 4.69) is 9.47 Å². The van der Waals surface area contributed by atoms with E-state index in [1.807, 2.05) is 0 Å². The lowest BCUT2D eigenvalue weighted by Crippen LogP contribution is -2.61. The number of carbonyl (C=O) groups is 3. The molecule has 0 radical (unpaired) electrons. The molecule has 1 aliphatic rings. The molecule has 0 spiro atoms. The van der Waals surface area contributed by atoms with Crippen LogP contribution in [0.2, 0.25) is 0 Å². The molecular formula is C12H18O13. The van der Waals surface area contributed by atoms with Crippen molar-refractivity contribution < 1.29 is 64.7 Å². The summed E-state index contributed by atoms with van der Waals surface area (Å²) in [4.78, 5) is 34.1. The van der Waals surface area contributed by atoms with E-state index in [9.17, 15) is 39.9 Å². The topological polar surface area (TPSA) is 232 Å². The van der Waals surface area contributed by atoms with Gasteiger partial charge in [-0.25, -0.2) is 9.59 Å². The van der Waals surface area contributed by atoms with Crippen LogP contribution in [-0.2, 0) is 23.9 Å². The quantitative estimate of drug-likeness (QED) is 0.154. The van der Waals surface area contributed by atoms with Gasteiger partial charge in [-0.05, 0) is 0 Å². The summed E-state index contributed by atoms with van der Waals surface area (Å²) in [6.45, 7) is -1.03. The van der Waals surface area contributed by atoms with E-state index in [0.29, 0.717) is 0 Å². The molecule has 0 aliphatic carbocycles. The second-order valence-corrected chi connectivity index (χ2v) is 5.19. The van der Waals surface area contributed by atoms with E-state index in [1.54, 1.807) is 0 Å². The summed E-state index contributed by atoms with van der Waals surface area (Å²) in [6, 6.07) is 0. The summed E-state index contributed by atoms with van der Waals surface area (Å²) >= 11 is 0. The maximum absolute atomic E-state index is 11.6. The Bertz CT molecular complexity index is 507. The minimum Gasteiger partial charge on any atom is -0.479 e. The van der Waals surface area contributed by atoms with E-state index in [1.165, 1.54) is 0 Å². The molecule has 13 heteroatoms. The number of aliphatic carboxylic acids is 1. The molecule has 1 fully saturated rings. The lowest BCUT2D eigenvalue weighted by Gasteiger charge is -2.37. The molecule has 0 aromatic carbocycles. The Hall–Kier alpha value is -1.71. The normalized spacial score (nSPS) is 33.2. The molecule has 25 heavy (non-hydrogen) atoms. The zero-order chi connectivity index (χ0) is 19.5. The van der Waals surface area contributed by atoms with Gasteiger partial charge in [0.25, 0.3) is 5.78 Å². The fourth-order valence-corrected chi connectivity index (χ4v) is 1.91. The van der Waals surface area contributed by atoms with Crippen LogP contribution in [0.15, 0.2) is 0 Å². The zero-order valence-corrected chi connectivity index (χ0v) is 12.4. The Morgan fingerprint density at radius 3 is 2.04 bits per heavy atom. The van der Waals surface area contributed by atoms with E-state index in [4.69, 9.17) is 15.3 Å². The van der Waals surface area contributed by atoms with Crippen LogP contribution in [-0.4, -0.2) is 114 Å². The number of rotatable bonds is 7. The first-order valence-corrected chi connectivity index (χ1v) is 6.85. The summed E-state index contributed by atoms with van der Waals surface area (Å²) in [5.41, 5.74) is 0. The van der Waals surface area contributed by atoms with E-state index < -0.39 is 73.3 Å². The molecule has 144 valence electrons. The van der Waals surface area contributed by atoms with Gasteiger partial charge in [0.1, 0.15) is 30.5 Å². The highest BCUT2D eigenvalue weighted by Crippen LogP contribution is 2.22. The molecule has 1 saturated heterocycles. The van der Waals surface area contributed by atoms with E-state index in [-0.39, 0.29) is 0 Å². The maximum atomic E-state index is 11.6. The highest BCUT2D eigenvalue weighted by atomic mass is 16.7. The van der Waals surface area contributed by atoms with Gasteiger partial charge in [-0.2, -0.15) is 0 Å². The smallest absolute Gasteiger partial charge is 0.379 e. The minimum absolute atomic E-state index is 1.03. The molecule has 1 rings (SSSR count). The predicted molar refractivity (Wildman–Crippen MR) is 70.5 cm³/mol. The number of aliphatic hydroxyl groups excluding tert-OH is 7. The Morgan fingerprint density at radius 2 is 1.56 bits per heavy atom. The van der Waals surface area contributed by atoms with Gasteiger partial charge in [-0.1, -0.05) is 0 Å². The van der Waals surface area contributed by atoms with Crippen molar-refractivity contribution in [2.75, 3.05) is 6.61 Å². The van der Waals surface area contributed by atoms with Crippen molar-refractivity contribution in [2.24, 2.45) is 0 Å². The van der Waals surface area contributed by atoms with Crippen LogP contribution in [0.25, 0.3) is 0 Å². The van der Waals surface area contributed by atoms with Gasteiger partial charge in [-0.15, -0.1) is 0 Å². The molecule has 8 atom stereocenters. The number of carbonyl (C=O) groups excluding carboxylic acids is 2. The number of Topliss-reactive ketones (excluding diaryl/α,β-unsaturated/α-hetero) is 1. The predicted octanol–water partition coefficient (Wildman–Crippen LogP) is -5.93. The zero-order valence-electron chi connectivity index (χ0n) is 12.4. The first kappa shape index (κ1) is 21.3. The van der Waals surface area contributed by atoms with Gasteiger partial charge >= 0.3 is 11.9 Å². The summed E-state index contributed by atoms with van der Waals surface area (Å²) in [7, 11) is 0. The second kappa shape index (κ2) is 8.59. The number of ketones is 1. The first-order valence-electron chi connectivity index (χ1n) is 6.85. The summed E-state index contributed by atoms with van der Waals surface area (Å²) in [5, 5.41) is 73.8. The summed E-state index contributed by atoms with van der Waals surface area (Å²) < 4.78 is 8.92. The largest absolute Gasteiger partial charge is 0.479 e. The van der Waals surface area contributed by atoms with Crippen LogP contribution >= 0.6 is 0 Å². The Labute approximate surface area is 139 Å². The number of carboxylic acids is 1. The van der Waals surface area contributed by atoms with Crippen molar-refractivity contribution in [3.8, 4) is 0 Å². The van der Waals surface area contributed by atoms with E-state index >= 15 is 0 Å². The molecule has 1 unspecified atom stereocenters. The van der Waals surface area contributed by atoms with Gasteiger partial charge in [-0.3, -0.25) is 4.79 Å². The number of aliphatic hydroxyl groups is 7. The lowest BCUT2D eigenvalue weighted by atomic mass is 9.99. The third kappa shape index (κ3) is 4.68. The van der Waals surface area contributed by atoms with Crippen molar-refractivity contribution in [3.05, 3.63) is 0 Å². The average molecular weight is 370 g/mol. The number of hydrogen-bond acceptors (Lipinski definition) is 12. The number of carboxylic acid groups (broad SMARTS) is 1. The second-order valence-electron chi connectivity index (χ2n) is 5.19. The average Bonchev–Trinajstić information content (AvgIpc) is 2.58. The summed E-state index contributed by atoms with van der Waals surface area (Å²) in [6.07, 6.45) is -17.2.